The fourth-order valence-electron chi connectivity index (χ4n) is 5.34. The van der Waals surface area contributed by atoms with E-state index in [4.69, 9.17) is 6.42 Å². The molecule has 1 aliphatic heterocycles. The first-order valence-electron chi connectivity index (χ1n) is 12.4. The van der Waals surface area contributed by atoms with Crippen LogP contribution in [0.5, 0.6) is 0 Å². The monoisotopic (exact) mass is 527 g/mol. The Labute approximate surface area is 217 Å². The van der Waals surface area contributed by atoms with Gasteiger partial charge < -0.3 is 10.2 Å². The fraction of sp³-hybridized carbons (Fsp3) is 0.393. The number of anilines is 1. The van der Waals surface area contributed by atoms with Crippen molar-refractivity contribution in [1.82, 2.24) is 10.2 Å². The lowest BCUT2D eigenvalue weighted by Crippen LogP contribution is -2.74. The lowest BCUT2D eigenvalue weighted by atomic mass is 9.64. The molecule has 5 rings (SSSR count). The number of alkyl halides is 3. The van der Waals surface area contributed by atoms with Gasteiger partial charge in [0.25, 0.3) is 5.91 Å². The molecule has 3 fully saturated rings. The predicted molar refractivity (Wildman–Crippen MR) is 130 cm³/mol. The summed E-state index contributed by atoms with van der Waals surface area (Å²) in [6.45, 7) is -0.571. The van der Waals surface area contributed by atoms with Crippen molar-refractivity contribution >= 4 is 23.4 Å². The van der Waals surface area contributed by atoms with Crippen LogP contribution in [0.1, 0.15) is 48.8 Å². The molecule has 3 amide bonds. The van der Waals surface area contributed by atoms with E-state index < -0.39 is 47.4 Å². The van der Waals surface area contributed by atoms with E-state index in [1.807, 2.05) is 0 Å². The maximum atomic E-state index is 14.9. The van der Waals surface area contributed by atoms with Crippen molar-refractivity contribution in [3.05, 3.63) is 65.0 Å². The minimum absolute atomic E-state index is 0.0390. The van der Waals surface area contributed by atoms with Gasteiger partial charge in [-0.25, -0.2) is 4.39 Å². The Morgan fingerprint density at radius 1 is 1.11 bits per heavy atom. The summed E-state index contributed by atoms with van der Waals surface area (Å²) in [7, 11) is 0. The first-order valence-corrected chi connectivity index (χ1v) is 12.4. The number of hydrogen-bond acceptors (Lipinski definition) is 3. The molecule has 1 N–H and O–H groups in total. The SMILES string of the molecule is C#Cc1ccc(N2CC(=O)N(Cc3ccc(C(F)(F)F)cc3)C3(CC(C(=O)NC4CCC4)C3)C2=O)c(F)c1. The molecule has 1 spiro atoms. The average molecular weight is 528 g/mol. The Morgan fingerprint density at radius 3 is 2.34 bits per heavy atom. The summed E-state index contributed by atoms with van der Waals surface area (Å²) in [5.41, 5.74) is -1.67. The number of nitrogens with one attached hydrogen (secondary N) is 1. The summed E-state index contributed by atoms with van der Waals surface area (Å²) >= 11 is 0. The van der Waals surface area contributed by atoms with Crippen LogP contribution in [0.15, 0.2) is 42.5 Å². The number of hydrogen-bond donors (Lipinski definition) is 1. The van der Waals surface area contributed by atoms with Crippen molar-refractivity contribution in [3.63, 3.8) is 0 Å². The van der Waals surface area contributed by atoms with Gasteiger partial charge in [0.2, 0.25) is 11.8 Å². The second-order valence-corrected chi connectivity index (χ2v) is 10.1. The molecular formula is C28H25F4N3O3. The van der Waals surface area contributed by atoms with E-state index >= 15 is 0 Å². The molecule has 0 atom stereocenters. The number of amides is 3. The molecule has 1 saturated heterocycles. The van der Waals surface area contributed by atoms with E-state index in [1.165, 1.54) is 29.2 Å². The molecule has 2 aliphatic carbocycles. The zero-order valence-corrected chi connectivity index (χ0v) is 20.4. The van der Waals surface area contributed by atoms with Gasteiger partial charge >= 0.3 is 6.18 Å². The first kappa shape index (κ1) is 25.8. The number of carbonyl (C=O) groups excluding carboxylic acids is 3. The molecule has 0 unspecified atom stereocenters. The fourth-order valence-corrected chi connectivity index (χ4v) is 5.34. The minimum atomic E-state index is -4.51. The Hall–Kier alpha value is -3.87. The molecule has 3 aliphatic rings. The van der Waals surface area contributed by atoms with Crippen LogP contribution in [-0.2, 0) is 27.1 Å². The molecule has 6 nitrogen and oxygen atoms in total. The third-order valence-electron chi connectivity index (χ3n) is 7.77. The molecule has 0 aromatic heterocycles. The topological polar surface area (TPSA) is 69.7 Å². The Kier molecular flexibility index (Phi) is 6.41. The molecule has 0 radical (unpaired) electrons. The summed E-state index contributed by atoms with van der Waals surface area (Å²) in [6, 6.07) is 8.37. The van der Waals surface area contributed by atoms with E-state index in [1.54, 1.807) is 0 Å². The van der Waals surface area contributed by atoms with Gasteiger partial charge in [-0.2, -0.15) is 13.2 Å². The Bertz CT molecular complexity index is 1320. The summed E-state index contributed by atoms with van der Waals surface area (Å²) in [5.74, 6) is -0.194. The van der Waals surface area contributed by atoms with E-state index in [2.05, 4.69) is 11.2 Å². The summed E-state index contributed by atoms with van der Waals surface area (Å²) < 4.78 is 53.9. The van der Waals surface area contributed by atoms with Gasteiger partial charge in [-0.15, -0.1) is 6.42 Å². The van der Waals surface area contributed by atoms with Crippen LogP contribution >= 0.6 is 0 Å². The van der Waals surface area contributed by atoms with Crippen molar-refractivity contribution in [1.29, 1.82) is 0 Å². The standard InChI is InChI=1S/C28H25F4N3O3/c1-2-17-8-11-23(22(29)12-17)34-16-24(36)35(15-18-6-9-20(10-7-18)28(30,31)32)27(26(34)38)13-19(14-27)25(37)33-21-4-3-5-21/h1,6-12,19,21H,3-5,13-16H2,(H,33,37). The largest absolute Gasteiger partial charge is 0.416 e. The van der Waals surface area contributed by atoms with Crippen LogP contribution in [0.2, 0.25) is 0 Å². The maximum absolute atomic E-state index is 14.9. The predicted octanol–water partition coefficient (Wildman–Crippen LogP) is 4.02. The molecular weight excluding hydrogens is 502 g/mol. The van der Waals surface area contributed by atoms with Crippen molar-refractivity contribution in [2.24, 2.45) is 5.92 Å². The van der Waals surface area contributed by atoms with Crippen LogP contribution in [-0.4, -0.2) is 40.7 Å². The van der Waals surface area contributed by atoms with Crippen LogP contribution in [0.3, 0.4) is 0 Å². The normalized spacial score (nSPS) is 23.6. The van der Waals surface area contributed by atoms with Crippen LogP contribution in [0, 0.1) is 24.1 Å². The summed E-state index contributed by atoms with van der Waals surface area (Å²) in [5, 5.41) is 2.96. The number of halogens is 4. The minimum Gasteiger partial charge on any atom is -0.353 e. The molecule has 198 valence electrons. The molecule has 2 aromatic carbocycles. The Morgan fingerprint density at radius 2 is 1.79 bits per heavy atom. The van der Waals surface area contributed by atoms with Crippen molar-refractivity contribution in [2.75, 3.05) is 11.4 Å². The third-order valence-corrected chi connectivity index (χ3v) is 7.77. The molecule has 1 heterocycles. The van der Waals surface area contributed by atoms with Crippen LogP contribution < -0.4 is 10.2 Å². The van der Waals surface area contributed by atoms with Gasteiger partial charge in [0, 0.05) is 24.1 Å². The lowest BCUT2D eigenvalue weighted by Gasteiger charge is -2.56. The van der Waals surface area contributed by atoms with Gasteiger partial charge in [-0.3, -0.25) is 19.3 Å². The van der Waals surface area contributed by atoms with Crippen molar-refractivity contribution in [3.8, 4) is 12.3 Å². The quantitative estimate of drug-likeness (QED) is 0.472. The second kappa shape index (κ2) is 9.46. The molecule has 10 heteroatoms. The molecule has 0 bridgehead atoms. The van der Waals surface area contributed by atoms with Crippen molar-refractivity contribution in [2.45, 2.75) is 56.4 Å². The van der Waals surface area contributed by atoms with Crippen molar-refractivity contribution < 1.29 is 31.9 Å². The Balaban J connectivity index is 1.43. The number of rotatable bonds is 5. The number of terminal acetylenes is 1. The van der Waals surface area contributed by atoms with E-state index in [0.717, 1.165) is 42.4 Å². The molecule has 2 aromatic rings. The summed E-state index contributed by atoms with van der Waals surface area (Å²) in [4.78, 5) is 42.5. The number of piperazine rings is 1. The van der Waals surface area contributed by atoms with E-state index in [0.29, 0.717) is 5.56 Å². The first-order chi connectivity index (χ1) is 18.0. The summed E-state index contributed by atoms with van der Waals surface area (Å²) in [6.07, 6.45) is 3.71. The second-order valence-electron chi connectivity index (χ2n) is 10.1. The van der Waals surface area contributed by atoms with E-state index in [-0.39, 0.29) is 42.6 Å². The smallest absolute Gasteiger partial charge is 0.353 e. The van der Waals surface area contributed by atoms with Gasteiger partial charge in [-0.1, -0.05) is 18.1 Å². The molecule has 38 heavy (non-hydrogen) atoms. The number of nitrogens with zero attached hydrogens (tertiary/aromatic N) is 2. The lowest BCUT2D eigenvalue weighted by molar-refractivity contribution is -0.165. The average Bonchev–Trinajstić information content (AvgIpc) is 2.82. The highest BCUT2D eigenvalue weighted by Gasteiger charge is 2.61. The van der Waals surface area contributed by atoms with Gasteiger partial charge in [0.15, 0.2) is 0 Å². The zero-order valence-electron chi connectivity index (χ0n) is 20.4. The highest BCUT2D eigenvalue weighted by molar-refractivity contribution is 6.10. The molecule has 2 saturated carbocycles. The highest BCUT2D eigenvalue weighted by atomic mass is 19.4. The van der Waals surface area contributed by atoms with Gasteiger partial charge in [-0.05, 0) is 68.0 Å². The van der Waals surface area contributed by atoms with Gasteiger partial charge in [0.05, 0.1) is 11.3 Å². The number of carbonyl (C=O) groups is 3. The van der Waals surface area contributed by atoms with Gasteiger partial charge in [0.1, 0.15) is 17.9 Å². The third kappa shape index (κ3) is 4.51. The van der Waals surface area contributed by atoms with E-state index in [9.17, 15) is 31.9 Å². The zero-order chi connectivity index (χ0) is 27.2. The van der Waals surface area contributed by atoms with Crippen LogP contribution in [0.25, 0.3) is 0 Å². The van der Waals surface area contributed by atoms with Crippen LogP contribution in [0.4, 0.5) is 23.2 Å². The number of benzene rings is 2. The highest BCUT2D eigenvalue weighted by Crippen LogP contribution is 2.48. The maximum Gasteiger partial charge on any atom is 0.416 e.